The highest BCUT2D eigenvalue weighted by Gasteiger charge is 2.16. The minimum Gasteiger partial charge on any atom is -0.325 e. The molecule has 0 unspecified atom stereocenters. The third-order valence-electron chi connectivity index (χ3n) is 4.91. The molecule has 0 fully saturated rings. The number of nitrogens with zero attached hydrogens (tertiary/aromatic N) is 2. The molecule has 1 heterocycles. The SMILES string of the molecule is CC(C)n1c(SCC(=O)Nc2ccccc2-c2ccccc2)nc2ccccc2c1=O. The average Bonchev–Trinajstić information content (AvgIpc) is 2.78. The highest BCUT2D eigenvalue weighted by molar-refractivity contribution is 7.99. The molecule has 0 saturated carbocycles. The van der Waals surface area contributed by atoms with Crippen molar-refractivity contribution in [1.29, 1.82) is 0 Å². The number of anilines is 1. The average molecular weight is 430 g/mol. The van der Waals surface area contributed by atoms with Crippen LogP contribution in [-0.2, 0) is 4.79 Å². The summed E-state index contributed by atoms with van der Waals surface area (Å²) in [4.78, 5) is 30.3. The standard InChI is InChI=1S/C25H23N3O2S/c1-17(2)28-24(30)20-13-7-9-15-22(20)27-25(28)31-16-23(29)26-21-14-8-6-12-19(21)18-10-4-3-5-11-18/h3-15,17H,16H2,1-2H3,(H,26,29). The molecular formula is C25H23N3O2S. The zero-order valence-corrected chi connectivity index (χ0v) is 18.2. The molecule has 1 N–H and O–H groups in total. The first kappa shape index (κ1) is 20.9. The van der Waals surface area contributed by atoms with Crippen molar-refractivity contribution in [3.05, 3.63) is 89.2 Å². The quantitative estimate of drug-likeness (QED) is 0.330. The van der Waals surface area contributed by atoms with Crippen LogP contribution in [-0.4, -0.2) is 21.2 Å². The van der Waals surface area contributed by atoms with Gasteiger partial charge in [0.15, 0.2) is 5.16 Å². The van der Waals surface area contributed by atoms with Crippen LogP contribution >= 0.6 is 11.8 Å². The van der Waals surface area contributed by atoms with Crippen LogP contribution < -0.4 is 10.9 Å². The fourth-order valence-electron chi connectivity index (χ4n) is 3.46. The van der Waals surface area contributed by atoms with Gasteiger partial charge in [-0.05, 0) is 37.6 Å². The number of hydrogen-bond donors (Lipinski definition) is 1. The smallest absolute Gasteiger partial charge is 0.262 e. The fourth-order valence-corrected chi connectivity index (χ4v) is 4.39. The van der Waals surface area contributed by atoms with Gasteiger partial charge in [0, 0.05) is 17.3 Å². The molecule has 4 rings (SSSR count). The number of amides is 1. The van der Waals surface area contributed by atoms with E-state index in [1.165, 1.54) is 11.8 Å². The molecule has 1 aromatic heterocycles. The Kier molecular flexibility index (Phi) is 6.18. The molecule has 0 bridgehead atoms. The molecule has 0 spiro atoms. The van der Waals surface area contributed by atoms with E-state index in [2.05, 4.69) is 10.3 Å². The Morgan fingerprint density at radius 3 is 2.42 bits per heavy atom. The Hall–Kier alpha value is -3.38. The summed E-state index contributed by atoms with van der Waals surface area (Å²) < 4.78 is 1.65. The van der Waals surface area contributed by atoms with Gasteiger partial charge in [0.2, 0.25) is 5.91 Å². The van der Waals surface area contributed by atoms with E-state index in [0.717, 1.165) is 16.8 Å². The lowest BCUT2D eigenvalue weighted by Gasteiger charge is -2.16. The first-order valence-corrected chi connectivity index (χ1v) is 11.1. The third-order valence-corrected chi connectivity index (χ3v) is 5.86. The molecule has 0 radical (unpaired) electrons. The lowest BCUT2D eigenvalue weighted by Crippen LogP contribution is -2.25. The number of para-hydroxylation sites is 2. The second-order valence-electron chi connectivity index (χ2n) is 7.43. The van der Waals surface area contributed by atoms with Crippen molar-refractivity contribution in [3.63, 3.8) is 0 Å². The summed E-state index contributed by atoms with van der Waals surface area (Å²) in [5, 5.41) is 4.14. The van der Waals surface area contributed by atoms with E-state index in [9.17, 15) is 9.59 Å². The van der Waals surface area contributed by atoms with Crippen molar-refractivity contribution in [2.75, 3.05) is 11.1 Å². The number of rotatable bonds is 6. The zero-order valence-electron chi connectivity index (χ0n) is 17.4. The van der Waals surface area contributed by atoms with Crippen LogP contribution in [0.25, 0.3) is 22.0 Å². The predicted molar refractivity (Wildman–Crippen MR) is 128 cm³/mol. The molecule has 0 saturated heterocycles. The summed E-state index contributed by atoms with van der Waals surface area (Å²) in [5.74, 6) is 0.00626. The van der Waals surface area contributed by atoms with E-state index < -0.39 is 0 Å². The Morgan fingerprint density at radius 2 is 1.65 bits per heavy atom. The van der Waals surface area contributed by atoms with Crippen LogP contribution in [0.3, 0.4) is 0 Å². The topological polar surface area (TPSA) is 64.0 Å². The second-order valence-corrected chi connectivity index (χ2v) is 8.37. The van der Waals surface area contributed by atoms with Gasteiger partial charge in [-0.15, -0.1) is 0 Å². The van der Waals surface area contributed by atoms with Gasteiger partial charge in [0.1, 0.15) is 0 Å². The first-order valence-electron chi connectivity index (χ1n) is 10.1. The summed E-state index contributed by atoms with van der Waals surface area (Å²) in [6, 6.07) is 24.9. The lowest BCUT2D eigenvalue weighted by atomic mass is 10.0. The Labute approximate surface area is 185 Å². The summed E-state index contributed by atoms with van der Waals surface area (Å²) >= 11 is 1.27. The van der Waals surface area contributed by atoms with Crippen LogP contribution in [0.15, 0.2) is 88.8 Å². The van der Waals surface area contributed by atoms with Crippen molar-refractivity contribution < 1.29 is 4.79 Å². The van der Waals surface area contributed by atoms with Gasteiger partial charge >= 0.3 is 0 Å². The van der Waals surface area contributed by atoms with Crippen LogP contribution in [0.4, 0.5) is 5.69 Å². The highest BCUT2D eigenvalue weighted by Crippen LogP contribution is 2.28. The molecule has 0 aliphatic carbocycles. The molecular weight excluding hydrogens is 406 g/mol. The van der Waals surface area contributed by atoms with Gasteiger partial charge in [-0.2, -0.15) is 0 Å². The summed E-state index contributed by atoms with van der Waals surface area (Å²) in [5.41, 5.74) is 3.31. The molecule has 0 aliphatic rings. The molecule has 156 valence electrons. The third kappa shape index (κ3) is 4.54. The van der Waals surface area contributed by atoms with Gasteiger partial charge in [-0.25, -0.2) is 4.98 Å². The minimum atomic E-state index is -0.147. The number of carbonyl (C=O) groups is 1. The molecule has 3 aromatic carbocycles. The summed E-state index contributed by atoms with van der Waals surface area (Å²) in [6.07, 6.45) is 0. The maximum Gasteiger partial charge on any atom is 0.262 e. The van der Waals surface area contributed by atoms with E-state index in [-0.39, 0.29) is 23.3 Å². The normalized spacial score (nSPS) is 11.1. The number of benzene rings is 3. The first-order chi connectivity index (χ1) is 15.0. The van der Waals surface area contributed by atoms with Crippen molar-refractivity contribution >= 4 is 34.3 Å². The number of aromatic nitrogens is 2. The molecule has 4 aromatic rings. The van der Waals surface area contributed by atoms with Gasteiger partial charge in [0.25, 0.3) is 5.56 Å². The van der Waals surface area contributed by atoms with Gasteiger partial charge in [-0.3, -0.25) is 14.2 Å². The van der Waals surface area contributed by atoms with Crippen LogP contribution in [0.2, 0.25) is 0 Å². The monoisotopic (exact) mass is 429 g/mol. The molecule has 5 nitrogen and oxygen atoms in total. The van der Waals surface area contributed by atoms with E-state index >= 15 is 0 Å². The van der Waals surface area contributed by atoms with Crippen molar-refractivity contribution in [2.24, 2.45) is 0 Å². The van der Waals surface area contributed by atoms with Gasteiger partial charge < -0.3 is 5.32 Å². The van der Waals surface area contributed by atoms with Crippen molar-refractivity contribution in [1.82, 2.24) is 9.55 Å². The predicted octanol–water partition coefficient (Wildman–Crippen LogP) is 5.38. The largest absolute Gasteiger partial charge is 0.325 e. The highest BCUT2D eigenvalue weighted by atomic mass is 32.2. The van der Waals surface area contributed by atoms with Crippen LogP contribution in [0.1, 0.15) is 19.9 Å². The fraction of sp³-hybridized carbons (Fsp3) is 0.160. The van der Waals surface area contributed by atoms with E-state index in [1.807, 2.05) is 86.6 Å². The van der Waals surface area contributed by atoms with Crippen LogP contribution in [0.5, 0.6) is 0 Å². The Bertz CT molecular complexity index is 1280. The Morgan fingerprint density at radius 1 is 0.968 bits per heavy atom. The lowest BCUT2D eigenvalue weighted by molar-refractivity contribution is -0.113. The number of fused-ring (bicyclic) bond motifs is 1. The van der Waals surface area contributed by atoms with Crippen molar-refractivity contribution in [3.8, 4) is 11.1 Å². The number of hydrogen-bond acceptors (Lipinski definition) is 4. The van der Waals surface area contributed by atoms with E-state index in [4.69, 9.17) is 0 Å². The van der Waals surface area contributed by atoms with E-state index in [1.54, 1.807) is 10.6 Å². The van der Waals surface area contributed by atoms with Gasteiger partial charge in [0.05, 0.1) is 16.7 Å². The second kappa shape index (κ2) is 9.18. The molecule has 31 heavy (non-hydrogen) atoms. The minimum absolute atomic E-state index is 0.0611. The number of nitrogens with one attached hydrogen (secondary N) is 1. The maximum atomic E-state index is 12.9. The molecule has 0 aliphatic heterocycles. The molecule has 1 amide bonds. The molecule has 0 atom stereocenters. The van der Waals surface area contributed by atoms with Crippen LogP contribution in [0, 0.1) is 0 Å². The maximum absolute atomic E-state index is 12.9. The van der Waals surface area contributed by atoms with Gasteiger partial charge in [-0.1, -0.05) is 72.4 Å². The van der Waals surface area contributed by atoms with Crippen molar-refractivity contribution in [2.45, 2.75) is 25.0 Å². The summed E-state index contributed by atoms with van der Waals surface area (Å²) in [7, 11) is 0. The van der Waals surface area contributed by atoms with E-state index in [0.29, 0.717) is 16.1 Å². The summed E-state index contributed by atoms with van der Waals surface area (Å²) in [6.45, 7) is 3.89. The number of thioether (sulfide) groups is 1. The number of carbonyl (C=O) groups excluding carboxylic acids is 1. The molecule has 6 heteroatoms. The zero-order chi connectivity index (χ0) is 21.8. The Balaban J connectivity index is 1.56.